The van der Waals surface area contributed by atoms with Crippen molar-refractivity contribution in [1.82, 2.24) is 9.97 Å². The zero-order valence-electron chi connectivity index (χ0n) is 16.6. The molecule has 4 aromatic rings. The molecule has 4 rings (SSSR count). The van der Waals surface area contributed by atoms with Crippen LogP contribution in [-0.4, -0.2) is 18.4 Å². The summed E-state index contributed by atoms with van der Waals surface area (Å²) in [6, 6.07) is 17.2. The lowest BCUT2D eigenvalue weighted by atomic mass is 10.2. The van der Waals surface area contributed by atoms with Gasteiger partial charge in [0.2, 0.25) is 20.1 Å². The SMILES string of the molecule is NS(=O)(=O)c1ccccc1Nc1cc(Oc2sc(C(F)(F)F)nc2-c2ccccc2)ccn1. The normalized spacial score (nSPS) is 11.9. The molecule has 0 saturated heterocycles. The molecule has 0 aliphatic heterocycles. The highest BCUT2D eigenvalue weighted by atomic mass is 32.2. The minimum absolute atomic E-state index is 0.0457. The van der Waals surface area contributed by atoms with Crippen LogP contribution in [0.4, 0.5) is 24.7 Å². The first-order valence-electron chi connectivity index (χ1n) is 9.27. The van der Waals surface area contributed by atoms with Gasteiger partial charge in [0, 0.05) is 17.8 Å². The van der Waals surface area contributed by atoms with Gasteiger partial charge < -0.3 is 10.1 Å². The number of rotatable bonds is 6. The number of halogens is 3. The van der Waals surface area contributed by atoms with E-state index < -0.39 is 21.2 Å². The minimum atomic E-state index is -4.63. The summed E-state index contributed by atoms with van der Waals surface area (Å²) in [5.41, 5.74) is 0.708. The van der Waals surface area contributed by atoms with Crippen LogP contribution in [0.3, 0.4) is 0 Å². The molecule has 0 saturated carbocycles. The molecule has 0 atom stereocenters. The van der Waals surface area contributed by atoms with Gasteiger partial charge >= 0.3 is 6.18 Å². The van der Waals surface area contributed by atoms with Crippen LogP contribution in [-0.2, 0) is 16.2 Å². The molecule has 2 aromatic carbocycles. The van der Waals surface area contributed by atoms with E-state index in [1.165, 1.54) is 36.5 Å². The van der Waals surface area contributed by atoms with E-state index in [9.17, 15) is 21.6 Å². The molecule has 33 heavy (non-hydrogen) atoms. The Balaban J connectivity index is 1.67. The Labute approximate surface area is 190 Å². The maximum atomic E-state index is 13.3. The van der Waals surface area contributed by atoms with Crippen molar-refractivity contribution in [3.8, 4) is 22.1 Å². The van der Waals surface area contributed by atoms with Gasteiger partial charge in [-0.2, -0.15) is 13.2 Å². The standard InChI is InChI=1S/C21H15F3N4O3S2/c22-21(23,24)20-28-18(13-6-2-1-3-7-13)19(32-20)31-14-10-11-26-17(12-14)27-15-8-4-5-9-16(15)33(25,29)30/h1-12H,(H,26,27)(H2,25,29,30). The number of nitrogens with zero attached hydrogens (tertiary/aromatic N) is 2. The molecule has 0 fully saturated rings. The number of nitrogens with one attached hydrogen (secondary N) is 1. The van der Waals surface area contributed by atoms with E-state index in [1.54, 1.807) is 36.4 Å². The first-order chi connectivity index (χ1) is 15.6. The average Bonchev–Trinajstić information content (AvgIpc) is 3.19. The predicted octanol–water partition coefficient (Wildman–Crippen LogP) is 5.41. The van der Waals surface area contributed by atoms with Crippen LogP contribution in [0, 0.1) is 0 Å². The number of sulfonamides is 1. The van der Waals surface area contributed by atoms with E-state index in [1.807, 2.05) is 0 Å². The van der Waals surface area contributed by atoms with Crippen LogP contribution in [0.15, 0.2) is 77.8 Å². The Morgan fingerprint density at radius 1 is 1.00 bits per heavy atom. The second-order valence-corrected chi connectivity index (χ2v) is 9.16. The van der Waals surface area contributed by atoms with Gasteiger partial charge in [0.05, 0.1) is 5.69 Å². The van der Waals surface area contributed by atoms with Crippen LogP contribution in [0.5, 0.6) is 10.8 Å². The van der Waals surface area contributed by atoms with Gasteiger partial charge in [-0.3, -0.25) is 0 Å². The van der Waals surface area contributed by atoms with Crippen LogP contribution in [0.1, 0.15) is 5.01 Å². The molecule has 0 bridgehead atoms. The Morgan fingerprint density at radius 3 is 2.39 bits per heavy atom. The van der Waals surface area contributed by atoms with Gasteiger partial charge in [0.15, 0.2) is 0 Å². The second-order valence-electron chi connectivity index (χ2n) is 6.66. The highest BCUT2D eigenvalue weighted by Crippen LogP contribution is 2.44. The second kappa shape index (κ2) is 8.81. The minimum Gasteiger partial charge on any atom is -0.444 e. The summed E-state index contributed by atoms with van der Waals surface area (Å²) in [4.78, 5) is 7.70. The molecule has 0 spiro atoms. The number of anilines is 2. The van der Waals surface area contributed by atoms with Gasteiger partial charge in [0.1, 0.15) is 22.2 Å². The largest absolute Gasteiger partial charge is 0.444 e. The number of alkyl halides is 3. The Hall–Kier alpha value is -3.48. The summed E-state index contributed by atoms with van der Waals surface area (Å²) in [5.74, 6) is 0.376. The zero-order valence-corrected chi connectivity index (χ0v) is 18.2. The molecule has 0 unspecified atom stereocenters. The van der Waals surface area contributed by atoms with E-state index in [4.69, 9.17) is 9.88 Å². The smallest absolute Gasteiger partial charge is 0.443 e. The Kier molecular flexibility index (Phi) is 6.06. The number of aromatic nitrogens is 2. The Morgan fingerprint density at radius 2 is 1.70 bits per heavy atom. The number of ether oxygens (including phenoxy) is 1. The maximum absolute atomic E-state index is 13.3. The van der Waals surface area contributed by atoms with Crippen molar-refractivity contribution >= 4 is 32.9 Å². The average molecular weight is 493 g/mol. The fourth-order valence-corrected chi connectivity index (χ4v) is 4.40. The van der Waals surface area contributed by atoms with Gasteiger partial charge in [-0.25, -0.2) is 23.5 Å². The van der Waals surface area contributed by atoms with Crippen molar-refractivity contribution in [3.63, 3.8) is 0 Å². The first-order valence-corrected chi connectivity index (χ1v) is 11.6. The molecule has 0 radical (unpaired) electrons. The third kappa shape index (κ3) is 5.30. The number of hydrogen-bond donors (Lipinski definition) is 2. The molecule has 0 aliphatic rings. The number of benzene rings is 2. The quantitative estimate of drug-likeness (QED) is 0.373. The van der Waals surface area contributed by atoms with Gasteiger partial charge in [-0.15, -0.1) is 0 Å². The summed E-state index contributed by atoms with van der Waals surface area (Å²) >= 11 is 0.377. The summed E-state index contributed by atoms with van der Waals surface area (Å²) in [6.07, 6.45) is -3.26. The summed E-state index contributed by atoms with van der Waals surface area (Å²) < 4.78 is 69.2. The lowest BCUT2D eigenvalue weighted by Crippen LogP contribution is -2.14. The van der Waals surface area contributed by atoms with Crippen molar-refractivity contribution < 1.29 is 26.3 Å². The number of hydrogen-bond acceptors (Lipinski definition) is 7. The van der Waals surface area contributed by atoms with Crippen molar-refractivity contribution in [3.05, 3.63) is 77.9 Å². The lowest BCUT2D eigenvalue weighted by molar-refractivity contribution is -0.137. The fraction of sp³-hybridized carbons (Fsp3) is 0.0476. The number of pyridine rings is 1. The van der Waals surface area contributed by atoms with E-state index in [2.05, 4.69) is 15.3 Å². The van der Waals surface area contributed by atoms with Gasteiger partial charge in [0.25, 0.3) is 0 Å². The topological polar surface area (TPSA) is 107 Å². The fourth-order valence-electron chi connectivity index (χ4n) is 2.88. The van der Waals surface area contributed by atoms with Crippen LogP contribution >= 0.6 is 11.3 Å². The Bertz CT molecular complexity index is 1390. The molecular weight excluding hydrogens is 477 g/mol. The molecule has 7 nitrogen and oxygen atoms in total. The van der Waals surface area contributed by atoms with Crippen LogP contribution < -0.4 is 15.2 Å². The van der Waals surface area contributed by atoms with Crippen LogP contribution in [0.2, 0.25) is 0 Å². The molecular formula is C21H15F3N4O3S2. The number of para-hydroxylation sites is 1. The van der Waals surface area contributed by atoms with E-state index >= 15 is 0 Å². The zero-order chi connectivity index (χ0) is 23.6. The molecule has 2 heterocycles. The number of primary sulfonamides is 1. The number of nitrogens with two attached hydrogens (primary N) is 1. The van der Waals surface area contributed by atoms with E-state index in [0.29, 0.717) is 16.9 Å². The van der Waals surface area contributed by atoms with Gasteiger partial charge in [-0.05, 0) is 18.2 Å². The maximum Gasteiger partial charge on any atom is 0.443 e. The van der Waals surface area contributed by atoms with Crippen molar-refractivity contribution in [2.75, 3.05) is 5.32 Å². The third-order valence-corrected chi connectivity index (χ3v) is 6.23. The summed E-state index contributed by atoms with van der Waals surface area (Å²) in [6.45, 7) is 0. The van der Waals surface area contributed by atoms with Crippen molar-refractivity contribution in [2.24, 2.45) is 5.14 Å². The lowest BCUT2D eigenvalue weighted by Gasteiger charge is -2.11. The van der Waals surface area contributed by atoms with Crippen molar-refractivity contribution in [2.45, 2.75) is 11.1 Å². The highest BCUT2D eigenvalue weighted by molar-refractivity contribution is 7.89. The van der Waals surface area contributed by atoms with Gasteiger partial charge in [-0.1, -0.05) is 53.8 Å². The molecule has 2 aromatic heterocycles. The number of thiazole rings is 1. The first kappa shape index (κ1) is 22.7. The molecule has 12 heteroatoms. The van der Waals surface area contributed by atoms with Crippen LogP contribution in [0.25, 0.3) is 11.3 Å². The molecule has 170 valence electrons. The summed E-state index contributed by atoms with van der Waals surface area (Å²) in [5, 5.41) is 7.00. The molecule has 3 N–H and O–H groups in total. The summed E-state index contributed by atoms with van der Waals surface area (Å²) in [7, 11) is -3.99. The predicted molar refractivity (Wildman–Crippen MR) is 118 cm³/mol. The highest BCUT2D eigenvalue weighted by Gasteiger charge is 2.37. The van der Waals surface area contributed by atoms with E-state index in [0.717, 1.165) is 0 Å². The van der Waals surface area contributed by atoms with Crippen molar-refractivity contribution in [1.29, 1.82) is 0 Å². The molecule has 0 amide bonds. The monoisotopic (exact) mass is 492 g/mol. The van der Waals surface area contributed by atoms with E-state index in [-0.39, 0.29) is 32.9 Å². The third-order valence-electron chi connectivity index (χ3n) is 4.28. The molecule has 0 aliphatic carbocycles.